The lowest BCUT2D eigenvalue weighted by atomic mass is 10.1. The molecule has 0 aliphatic heterocycles. The SMILES string of the molecule is N#CC(C#N)C/C=C/c1cc(O)c(O)c(O)c1. The summed E-state index contributed by atoms with van der Waals surface area (Å²) in [6, 6.07) is 6.16. The van der Waals surface area contributed by atoms with Crippen molar-refractivity contribution in [2.75, 3.05) is 0 Å². The Labute approximate surface area is 98.1 Å². The van der Waals surface area contributed by atoms with Crippen LogP contribution in [0.25, 0.3) is 6.08 Å². The van der Waals surface area contributed by atoms with Gasteiger partial charge in [-0.1, -0.05) is 12.2 Å². The summed E-state index contributed by atoms with van der Waals surface area (Å²) in [5.74, 6) is -2.15. The highest BCUT2D eigenvalue weighted by molar-refractivity contribution is 5.60. The monoisotopic (exact) mass is 230 g/mol. The molecule has 0 saturated heterocycles. The van der Waals surface area contributed by atoms with Crippen molar-refractivity contribution in [1.82, 2.24) is 0 Å². The standard InChI is InChI=1S/C12H10N2O3/c13-6-9(7-14)3-1-2-8-4-10(15)12(17)11(16)5-8/h1-2,4-5,9,15-17H,3H2/b2-1+. The molecule has 0 aliphatic carbocycles. The second kappa shape index (κ2) is 5.43. The molecule has 1 aromatic rings. The van der Waals surface area contributed by atoms with Crippen molar-refractivity contribution in [1.29, 1.82) is 10.5 Å². The summed E-state index contributed by atoms with van der Waals surface area (Å²) < 4.78 is 0. The van der Waals surface area contributed by atoms with E-state index in [1.807, 2.05) is 12.1 Å². The molecule has 0 amide bonds. The van der Waals surface area contributed by atoms with E-state index >= 15 is 0 Å². The molecule has 86 valence electrons. The van der Waals surface area contributed by atoms with Gasteiger partial charge in [-0.3, -0.25) is 0 Å². The van der Waals surface area contributed by atoms with Gasteiger partial charge in [0.2, 0.25) is 0 Å². The Morgan fingerprint density at radius 2 is 1.65 bits per heavy atom. The molecule has 0 fully saturated rings. The Bertz CT molecular complexity index is 487. The fourth-order valence-corrected chi connectivity index (χ4v) is 1.20. The average Bonchev–Trinajstić information content (AvgIpc) is 2.31. The zero-order chi connectivity index (χ0) is 12.8. The minimum atomic E-state index is -0.717. The largest absolute Gasteiger partial charge is 0.504 e. The summed E-state index contributed by atoms with van der Waals surface area (Å²) in [7, 11) is 0. The number of hydrogen-bond acceptors (Lipinski definition) is 5. The van der Waals surface area contributed by atoms with Gasteiger partial charge in [-0.2, -0.15) is 10.5 Å². The number of phenolic OH excluding ortho intramolecular Hbond substituents is 3. The Balaban J connectivity index is 2.80. The lowest BCUT2D eigenvalue weighted by molar-refractivity contribution is 0.368. The summed E-state index contributed by atoms with van der Waals surface area (Å²) in [5, 5.41) is 44.6. The van der Waals surface area contributed by atoms with Crippen LogP contribution in [0.2, 0.25) is 0 Å². The third kappa shape index (κ3) is 3.15. The van der Waals surface area contributed by atoms with Gasteiger partial charge >= 0.3 is 0 Å². The predicted octanol–water partition coefficient (Wildman–Crippen LogP) is 1.87. The number of allylic oxidation sites excluding steroid dienone is 1. The molecule has 3 N–H and O–H groups in total. The smallest absolute Gasteiger partial charge is 0.200 e. The number of aromatic hydroxyl groups is 3. The van der Waals surface area contributed by atoms with E-state index in [4.69, 9.17) is 15.6 Å². The Hall–Kier alpha value is -2.66. The molecule has 0 heterocycles. The maximum absolute atomic E-state index is 9.23. The van der Waals surface area contributed by atoms with Crippen molar-refractivity contribution in [3.05, 3.63) is 23.8 Å². The lowest BCUT2D eigenvalue weighted by Crippen LogP contribution is -1.88. The maximum Gasteiger partial charge on any atom is 0.200 e. The second-order valence-electron chi connectivity index (χ2n) is 3.36. The average molecular weight is 230 g/mol. The highest BCUT2D eigenvalue weighted by atomic mass is 16.3. The summed E-state index contributed by atoms with van der Waals surface area (Å²) in [6.07, 6.45) is 3.39. The Morgan fingerprint density at radius 3 is 2.12 bits per heavy atom. The molecule has 0 unspecified atom stereocenters. The molecular weight excluding hydrogens is 220 g/mol. The molecule has 0 atom stereocenters. The zero-order valence-corrected chi connectivity index (χ0v) is 8.83. The van der Waals surface area contributed by atoms with Gasteiger partial charge in [0, 0.05) is 0 Å². The van der Waals surface area contributed by atoms with Crippen LogP contribution in [0.4, 0.5) is 0 Å². The first kappa shape index (κ1) is 12.4. The number of benzene rings is 1. The van der Waals surface area contributed by atoms with Crippen molar-refractivity contribution >= 4 is 6.08 Å². The molecule has 0 bridgehead atoms. The summed E-state index contributed by atoms with van der Waals surface area (Å²) in [4.78, 5) is 0. The molecule has 5 nitrogen and oxygen atoms in total. The molecule has 0 aromatic heterocycles. The van der Waals surface area contributed by atoms with Crippen molar-refractivity contribution in [2.24, 2.45) is 5.92 Å². The topological polar surface area (TPSA) is 108 Å². The molecule has 1 rings (SSSR count). The number of nitriles is 2. The van der Waals surface area contributed by atoms with Crippen LogP contribution in [0.3, 0.4) is 0 Å². The number of hydrogen-bond donors (Lipinski definition) is 3. The van der Waals surface area contributed by atoms with E-state index in [9.17, 15) is 10.2 Å². The van der Waals surface area contributed by atoms with E-state index in [1.54, 1.807) is 12.2 Å². The minimum absolute atomic E-state index is 0.259. The van der Waals surface area contributed by atoms with Crippen LogP contribution in [0.15, 0.2) is 18.2 Å². The van der Waals surface area contributed by atoms with Gasteiger partial charge in [-0.25, -0.2) is 0 Å². The third-order valence-electron chi connectivity index (χ3n) is 2.09. The van der Waals surface area contributed by atoms with Gasteiger partial charge in [0.1, 0.15) is 5.92 Å². The first-order valence-electron chi connectivity index (χ1n) is 4.79. The van der Waals surface area contributed by atoms with Crippen LogP contribution in [-0.4, -0.2) is 15.3 Å². The predicted molar refractivity (Wildman–Crippen MR) is 59.8 cm³/mol. The highest BCUT2D eigenvalue weighted by Gasteiger charge is 2.06. The zero-order valence-electron chi connectivity index (χ0n) is 8.83. The van der Waals surface area contributed by atoms with Gasteiger partial charge < -0.3 is 15.3 Å². The maximum atomic E-state index is 9.23. The van der Waals surface area contributed by atoms with E-state index in [2.05, 4.69) is 0 Å². The van der Waals surface area contributed by atoms with Gasteiger partial charge in [0.15, 0.2) is 17.2 Å². The molecule has 5 heteroatoms. The molecular formula is C12H10N2O3. The molecule has 0 saturated carbocycles. The van der Waals surface area contributed by atoms with Crippen LogP contribution >= 0.6 is 0 Å². The highest BCUT2D eigenvalue weighted by Crippen LogP contribution is 2.35. The van der Waals surface area contributed by atoms with Crippen molar-refractivity contribution in [3.63, 3.8) is 0 Å². The molecule has 17 heavy (non-hydrogen) atoms. The molecule has 1 aromatic carbocycles. The van der Waals surface area contributed by atoms with Crippen molar-refractivity contribution < 1.29 is 15.3 Å². The number of phenols is 3. The van der Waals surface area contributed by atoms with Gasteiger partial charge in [0.05, 0.1) is 12.1 Å². The van der Waals surface area contributed by atoms with E-state index in [1.165, 1.54) is 12.1 Å². The van der Waals surface area contributed by atoms with Crippen LogP contribution in [-0.2, 0) is 0 Å². The van der Waals surface area contributed by atoms with E-state index in [0.717, 1.165) is 0 Å². The quantitative estimate of drug-likeness (QED) is 0.687. The van der Waals surface area contributed by atoms with E-state index in [-0.39, 0.29) is 6.42 Å². The normalized spacial score (nSPS) is 10.3. The first-order chi connectivity index (χ1) is 8.08. The molecule has 0 spiro atoms. The molecule has 0 radical (unpaired) electrons. The second-order valence-corrected chi connectivity index (χ2v) is 3.36. The first-order valence-corrected chi connectivity index (χ1v) is 4.79. The third-order valence-corrected chi connectivity index (χ3v) is 2.09. The fourth-order valence-electron chi connectivity index (χ4n) is 1.20. The van der Waals surface area contributed by atoms with Crippen LogP contribution in [0, 0.1) is 28.6 Å². The Morgan fingerprint density at radius 1 is 1.12 bits per heavy atom. The Kier molecular flexibility index (Phi) is 3.96. The number of rotatable bonds is 3. The van der Waals surface area contributed by atoms with Gasteiger partial charge in [-0.05, 0) is 24.1 Å². The van der Waals surface area contributed by atoms with E-state index in [0.29, 0.717) is 5.56 Å². The van der Waals surface area contributed by atoms with Crippen LogP contribution < -0.4 is 0 Å². The summed E-state index contributed by atoms with van der Waals surface area (Å²) in [5.41, 5.74) is 0.465. The van der Waals surface area contributed by atoms with Crippen molar-refractivity contribution in [2.45, 2.75) is 6.42 Å². The van der Waals surface area contributed by atoms with Crippen LogP contribution in [0.1, 0.15) is 12.0 Å². The van der Waals surface area contributed by atoms with Gasteiger partial charge in [-0.15, -0.1) is 0 Å². The van der Waals surface area contributed by atoms with E-state index < -0.39 is 23.2 Å². The minimum Gasteiger partial charge on any atom is -0.504 e. The fraction of sp³-hybridized carbons (Fsp3) is 0.167. The summed E-state index contributed by atoms with van der Waals surface area (Å²) in [6.45, 7) is 0. The molecule has 0 aliphatic rings. The van der Waals surface area contributed by atoms with Crippen molar-refractivity contribution in [3.8, 4) is 29.4 Å². The lowest BCUT2D eigenvalue weighted by Gasteiger charge is -2.02. The van der Waals surface area contributed by atoms with Crippen LogP contribution in [0.5, 0.6) is 17.2 Å². The van der Waals surface area contributed by atoms with Gasteiger partial charge in [0.25, 0.3) is 0 Å². The summed E-state index contributed by atoms with van der Waals surface area (Å²) >= 11 is 0. The number of nitrogens with zero attached hydrogens (tertiary/aromatic N) is 2.